The summed E-state index contributed by atoms with van der Waals surface area (Å²) >= 11 is 0. The average molecular weight is 256 g/mol. The van der Waals surface area contributed by atoms with E-state index >= 15 is 0 Å². The predicted octanol–water partition coefficient (Wildman–Crippen LogP) is 1.78. The van der Waals surface area contributed by atoms with Crippen molar-refractivity contribution < 1.29 is 9.53 Å². The van der Waals surface area contributed by atoms with E-state index in [4.69, 9.17) is 10.5 Å². The molecule has 0 spiro atoms. The molecular weight excluding hydrogens is 228 g/mol. The number of piperidine rings is 1. The highest BCUT2D eigenvalue weighted by atomic mass is 16.5. The van der Waals surface area contributed by atoms with Crippen LogP contribution in [0.2, 0.25) is 0 Å². The molecule has 0 aliphatic carbocycles. The van der Waals surface area contributed by atoms with Crippen molar-refractivity contribution >= 4 is 5.91 Å². The molecule has 3 atom stereocenters. The van der Waals surface area contributed by atoms with E-state index in [-0.39, 0.29) is 24.1 Å². The van der Waals surface area contributed by atoms with Crippen molar-refractivity contribution in [2.24, 2.45) is 11.7 Å². The zero-order valence-corrected chi connectivity index (χ0v) is 12.2. The standard InChI is InChI=1S/C14H28N2O2/c1-10(2)6-8-18-12(4)14(17)16-7-5-13(15)9-11(16)3/h10-13H,5-9,15H2,1-4H3/t11-,12+,13-/m0/s1. The van der Waals surface area contributed by atoms with Gasteiger partial charge in [-0.1, -0.05) is 13.8 Å². The minimum atomic E-state index is -0.333. The summed E-state index contributed by atoms with van der Waals surface area (Å²) in [5.74, 6) is 0.720. The van der Waals surface area contributed by atoms with Gasteiger partial charge in [0, 0.05) is 25.2 Å². The summed E-state index contributed by atoms with van der Waals surface area (Å²) in [4.78, 5) is 14.2. The van der Waals surface area contributed by atoms with Crippen LogP contribution in [-0.2, 0) is 9.53 Å². The molecule has 1 aliphatic rings. The van der Waals surface area contributed by atoms with Crippen molar-refractivity contribution in [3.8, 4) is 0 Å². The van der Waals surface area contributed by atoms with E-state index in [9.17, 15) is 4.79 Å². The van der Waals surface area contributed by atoms with Crippen molar-refractivity contribution in [2.45, 2.75) is 65.1 Å². The number of carbonyl (C=O) groups is 1. The van der Waals surface area contributed by atoms with Crippen LogP contribution < -0.4 is 5.73 Å². The van der Waals surface area contributed by atoms with Gasteiger partial charge in [-0.15, -0.1) is 0 Å². The summed E-state index contributed by atoms with van der Waals surface area (Å²) in [5, 5.41) is 0. The number of ether oxygens (including phenoxy) is 1. The Bertz CT molecular complexity index is 269. The number of hydrogen-bond donors (Lipinski definition) is 1. The third-order valence-electron chi connectivity index (χ3n) is 3.61. The van der Waals surface area contributed by atoms with Gasteiger partial charge in [-0.05, 0) is 39.0 Å². The topological polar surface area (TPSA) is 55.6 Å². The Morgan fingerprint density at radius 2 is 2.11 bits per heavy atom. The molecule has 0 aromatic rings. The Morgan fingerprint density at radius 1 is 1.44 bits per heavy atom. The SMILES string of the molecule is CC(C)CCO[C@H](C)C(=O)N1CC[C@H](N)C[C@@H]1C. The molecule has 1 amide bonds. The maximum atomic E-state index is 12.3. The summed E-state index contributed by atoms with van der Waals surface area (Å²) < 4.78 is 5.62. The molecule has 0 saturated carbocycles. The van der Waals surface area contributed by atoms with Crippen LogP contribution in [0.4, 0.5) is 0 Å². The second-order valence-corrected chi connectivity index (χ2v) is 5.86. The fraction of sp³-hybridized carbons (Fsp3) is 0.929. The Kier molecular flexibility index (Phi) is 6.09. The third-order valence-corrected chi connectivity index (χ3v) is 3.61. The molecule has 0 bridgehead atoms. The smallest absolute Gasteiger partial charge is 0.251 e. The van der Waals surface area contributed by atoms with Crippen LogP contribution in [0.1, 0.15) is 47.0 Å². The second kappa shape index (κ2) is 7.10. The molecule has 1 heterocycles. The second-order valence-electron chi connectivity index (χ2n) is 5.86. The molecule has 2 N–H and O–H groups in total. The zero-order valence-electron chi connectivity index (χ0n) is 12.2. The summed E-state index contributed by atoms with van der Waals surface area (Å²) in [7, 11) is 0. The molecule has 0 radical (unpaired) electrons. The number of rotatable bonds is 5. The Hall–Kier alpha value is -0.610. The summed E-state index contributed by atoms with van der Waals surface area (Å²) in [5.41, 5.74) is 5.91. The van der Waals surface area contributed by atoms with Gasteiger partial charge in [0.15, 0.2) is 0 Å². The number of nitrogens with zero attached hydrogens (tertiary/aromatic N) is 1. The highest BCUT2D eigenvalue weighted by Gasteiger charge is 2.29. The molecule has 0 unspecified atom stereocenters. The fourth-order valence-electron chi connectivity index (χ4n) is 2.32. The molecule has 1 aliphatic heterocycles. The molecule has 18 heavy (non-hydrogen) atoms. The molecular formula is C14H28N2O2. The van der Waals surface area contributed by atoms with Crippen LogP contribution in [0.5, 0.6) is 0 Å². The van der Waals surface area contributed by atoms with Crippen molar-refractivity contribution in [3.05, 3.63) is 0 Å². The summed E-state index contributed by atoms with van der Waals surface area (Å²) in [6.07, 6.45) is 2.46. The Balaban J connectivity index is 2.38. The van der Waals surface area contributed by atoms with E-state index in [1.165, 1.54) is 0 Å². The Labute approximate surface area is 111 Å². The van der Waals surface area contributed by atoms with Crippen molar-refractivity contribution in [3.63, 3.8) is 0 Å². The van der Waals surface area contributed by atoms with Gasteiger partial charge in [-0.25, -0.2) is 0 Å². The summed E-state index contributed by atoms with van der Waals surface area (Å²) in [6, 6.07) is 0.471. The minimum Gasteiger partial charge on any atom is -0.369 e. The molecule has 4 heteroatoms. The summed E-state index contributed by atoms with van der Waals surface area (Å²) in [6.45, 7) is 9.65. The van der Waals surface area contributed by atoms with Gasteiger partial charge in [0.05, 0.1) is 0 Å². The number of hydrogen-bond acceptors (Lipinski definition) is 3. The van der Waals surface area contributed by atoms with Crippen LogP contribution in [-0.4, -0.2) is 42.1 Å². The normalized spacial score (nSPS) is 26.4. The van der Waals surface area contributed by atoms with E-state index in [1.54, 1.807) is 0 Å². The van der Waals surface area contributed by atoms with Gasteiger partial charge >= 0.3 is 0 Å². The zero-order chi connectivity index (χ0) is 13.7. The van der Waals surface area contributed by atoms with Crippen molar-refractivity contribution in [2.75, 3.05) is 13.2 Å². The molecule has 0 aromatic carbocycles. The average Bonchev–Trinajstić information content (AvgIpc) is 2.27. The first kappa shape index (κ1) is 15.4. The Morgan fingerprint density at radius 3 is 2.67 bits per heavy atom. The van der Waals surface area contributed by atoms with E-state index in [1.807, 2.05) is 11.8 Å². The van der Waals surface area contributed by atoms with Gasteiger partial charge in [-0.2, -0.15) is 0 Å². The predicted molar refractivity (Wildman–Crippen MR) is 73.3 cm³/mol. The van der Waals surface area contributed by atoms with Crippen LogP contribution in [0.15, 0.2) is 0 Å². The number of likely N-dealkylation sites (tertiary alicyclic amines) is 1. The fourth-order valence-corrected chi connectivity index (χ4v) is 2.32. The van der Waals surface area contributed by atoms with Crippen molar-refractivity contribution in [1.29, 1.82) is 0 Å². The first-order valence-electron chi connectivity index (χ1n) is 7.09. The van der Waals surface area contributed by atoms with Crippen LogP contribution in [0.25, 0.3) is 0 Å². The number of amides is 1. The lowest BCUT2D eigenvalue weighted by molar-refractivity contribution is -0.146. The molecule has 1 fully saturated rings. The lowest BCUT2D eigenvalue weighted by Crippen LogP contribution is -2.51. The minimum absolute atomic E-state index is 0.109. The van der Waals surface area contributed by atoms with Gasteiger partial charge in [-0.3, -0.25) is 4.79 Å². The van der Waals surface area contributed by atoms with Crippen LogP contribution >= 0.6 is 0 Å². The third kappa shape index (κ3) is 4.58. The first-order valence-corrected chi connectivity index (χ1v) is 7.09. The lowest BCUT2D eigenvalue weighted by atomic mass is 9.98. The van der Waals surface area contributed by atoms with Crippen LogP contribution in [0, 0.1) is 5.92 Å². The van der Waals surface area contributed by atoms with Gasteiger partial charge in [0.2, 0.25) is 0 Å². The first-order chi connectivity index (χ1) is 8.41. The van der Waals surface area contributed by atoms with Gasteiger partial charge in [0.1, 0.15) is 6.10 Å². The van der Waals surface area contributed by atoms with Gasteiger partial charge < -0.3 is 15.4 Å². The number of carbonyl (C=O) groups excluding carboxylic acids is 1. The largest absolute Gasteiger partial charge is 0.369 e. The monoisotopic (exact) mass is 256 g/mol. The number of nitrogens with two attached hydrogens (primary N) is 1. The lowest BCUT2D eigenvalue weighted by Gasteiger charge is -2.37. The molecule has 1 rings (SSSR count). The van der Waals surface area contributed by atoms with Crippen LogP contribution in [0.3, 0.4) is 0 Å². The quantitative estimate of drug-likeness (QED) is 0.815. The molecule has 0 aromatic heterocycles. The highest BCUT2D eigenvalue weighted by Crippen LogP contribution is 2.17. The van der Waals surface area contributed by atoms with E-state index in [0.717, 1.165) is 25.8 Å². The van der Waals surface area contributed by atoms with Gasteiger partial charge in [0.25, 0.3) is 5.91 Å². The maximum Gasteiger partial charge on any atom is 0.251 e. The van der Waals surface area contributed by atoms with Crippen molar-refractivity contribution in [1.82, 2.24) is 4.90 Å². The molecule has 1 saturated heterocycles. The van der Waals surface area contributed by atoms with E-state index < -0.39 is 0 Å². The molecule has 106 valence electrons. The maximum absolute atomic E-state index is 12.3. The van der Waals surface area contributed by atoms with E-state index in [0.29, 0.717) is 12.5 Å². The highest BCUT2D eigenvalue weighted by molar-refractivity contribution is 5.80. The van der Waals surface area contributed by atoms with E-state index in [2.05, 4.69) is 20.8 Å². The molecule has 4 nitrogen and oxygen atoms in total.